The topological polar surface area (TPSA) is 48.6 Å². The molecular weight excluding hydrogens is 244 g/mol. The van der Waals surface area contributed by atoms with Gasteiger partial charge in [0.05, 0.1) is 5.69 Å². The molecule has 0 saturated carbocycles. The molecule has 1 aromatic carbocycles. The van der Waals surface area contributed by atoms with E-state index in [0.29, 0.717) is 15.4 Å². The van der Waals surface area contributed by atoms with Gasteiger partial charge in [-0.2, -0.15) is 0 Å². The smallest absolute Gasteiger partial charge is 0.255 e. The molecule has 16 heavy (non-hydrogen) atoms. The Hall–Kier alpha value is -1.39. The second kappa shape index (κ2) is 4.23. The fraction of sp³-hybridized carbons (Fsp3) is 0.0909. The molecule has 0 atom stereocenters. The molecule has 0 saturated heterocycles. The molecule has 0 fully saturated rings. The number of H-pyrrole nitrogens is 2. The molecule has 5 heteroatoms. The molecule has 0 radical (unpaired) electrons. The lowest BCUT2D eigenvalue weighted by Crippen LogP contribution is -2.12. The first-order valence-corrected chi connectivity index (χ1v) is 5.45. The molecule has 0 unspecified atom stereocenters. The fourth-order valence-corrected chi connectivity index (χ4v) is 1.77. The van der Waals surface area contributed by atoms with Crippen molar-refractivity contribution in [1.82, 2.24) is 9.97 Å². The number of hydrogen-bond acceptors (Lipinski definition) is 2. The molecule has 2 N–H and O–H groups in total. The van der Waals surface area contributed by atoms with Crippen molar-refractivity contribution in [3.63, 3.8) is 0 Å². The molecule has 0 aliphatic rings. The summed E-state index contributed by atoms with van der Waals surface area (Å²) in [5, 5.41) is 0.657. The normalized spacial score (nSPS) is 10.4. The second-order valence-corrected chi connectivity index (χ2v) is 4.26. The standard InChI is InChI=1S/C11H9ClN2OS/c1-6-9(13-11(16)14-10(6)15)7-2-4-8(12)5-3-7/h2-5H,1H3,(H2,13,14,15,16). The van der Waals surface area contributed by atoms with Crippen molar-refractivity contribution in [2.24, 2.45) is 0 Å². The highest BCUT2D eigenvalue weighted by atomic mass is 35.5. The van der Waals surface area contributed by atoms with Crippen molar-refractivity contribution in [2.75, 3.05) is 0 Å². The van der Waals surface area contributed by atoms with Gasteiger partial charge in [-0.3, -0.25) is 9.78 Å². The van der Waals surface area contributed by atoms with E-state index in [9.17, 15) is 4.79 Å². The Morgan fingerprint density at radius 1 is 1.19 bits per heavy atom. The van der Waals surface area contributed by atoms with Crippen LogP contribution in [0.1, 0.15) is 5.56 Å². The largest absolute Gasteiger partial charge is 0.332 e. The van der Waals surface area contributed by atoms with Crippen LogP contribution in [0.3, 0.4) is 0 Å². The minimum Gasteiger partial charge on any atom is -0.332 e. The molecule has 2 aromatic rings. The highest BCUT2D eigenvalue weighted by Crippen LogP contribution is 2.20. The van der Waals surface area contributed by atoms with Crippen LogP contribution in [-0.4, -0.2) is 9.97 Å². The maximum atomic E-state index is 11.5. The van der Waals surface area contributed by atoms with E-state index in [0.717, 1.165) is 11.3 Å². The molecule has 2 rings (SSSR count). The summed E-state index contributed by atoms with van der Waals surface area (Å²) in [7, 11) is 0. The molecule has 0 aliphatic heterocycles. The van der Waals surface area contributed by atoms with Crippen molar-refractivity contribution in [1.29, 1.82) is 0 Å². The maximum Gasteiger partial charge on any atom is 0.255 e. The summed E-state index contributed by atoms with van der Waals surface area (Å²) in [6, 6.07) is 7.23. The van der Waals surface area contributed by atoms with Crippen LogP contribution in [0.2, 0.25) is 5.02 Å². The first-order chi connectivity index (χ1) is 7.58. The lowest BCUT2D eigenvalue weighted by atomic mass is 10.1. The zero-order valence-electron chi connectivity index (χ0n) is 8.50. The SMILES string of the molecule is Cc1c(-c2ccc(Cl)cc2)[nH]c(=S)[nH]c1=O. The number of rotatable bonds is 1. The predicted octanol–water partition coefficient (Wildman–Crippen LogP) is 3.06. The van der Waals surface area contributed by atoms with Crippen molar-refractivity contribution < 1.29 is 0 Å². The number of nitrogens with one attached hydrogen (secondary N) is 2. The third-order valence-corrected chi connectivity index (χ3v) is 2.77. The van der Waals surface area contributed by atoms with Crippen LogP contribution in [0.5, 0.6) is 0 Å². The van der Waals surface area contributed by atoms with Gasteiger partial charge in [-0.15, -0.1) is 0 Å². The van der Waals surface area contributed by atoms with E-state index in [4.69, 9.17) is 23.8 Å². The third kappa shape index (κ3) is 2.08. The van der Waals surface area contributed by atoms with Gasteiger partial charge in [0.1, 0.15) is 0 Å². The molecule has 0 aliphatic carbocycles. The Kier molecular flexibility index (Phi) is 2.94. The number of aromatic amines is 2. The minimum atomic E-state index is -0.172. The first-order valence-electron chi connectivity index (χ1n) is 4.67. The van der Waals surface area contributed by atoms with Crippen molar-refractivity contribution in [2.45, 2.75) is 6.92 Å². The molecule has 1 aromatic heterocycles. The maximum absolute atomic E-state index is 11.5. The predicted molar refractivity (Wildman–Crippen MR) is 67.4 cm³/mol. The summed E-state index contributed by atoms with van der Waals surface area (Å²) < 4.78 is 0.320. The van der Waals surface area contributed by atoms with Crippen LogP contribution in [0.25, 0.3) is 11.3 Å². The van der Waals surface area contributed by atoms with Crippen LogP contribution in [0, 0.1) is 11.7 Å². The molecule has 3 nitrogen and oxygen atoms in total. The Balaban J connectivity index is 2.69. The monoisotopic (exact) mass is 252 g/mol. The van der Waals surface area contributed by atoms with E-state index < -0.39 is 0 Å². The molecule has 0 bridgehead atoms. The summed E-state index contributed by atoms with van der Waals surface area (Å²) in [6.07, 6.45) is 0. The zero-order chi connectivity index (χ0) is 11.7. The van der Waals surface area contributed by atoms with Gasteiger partial charge >= 0.3 is 0 Å². The average molecular weight is 253 g/mol. The van der Waals surface area contributed by atoms with Gasteiger partial charge in [0.25, 0.3) is 5.56 Å². The third-order valence-electron chi connectivity index (χ3n) is 2.31. The number of benzene rings is 1. The first kappa shape index (κ1) is 11.1. The molecular formula is C11H9ClN2OS. The van der Waals surface area contributed by atoms with Crippen molar-refractivity contribution >= 4 is 23.8 Å². The number of halogens is 1. The van der Waals surface area contributed by atoms with E-state index >= 15 is 0 Å². The summed E-state index contributed by atoms with van der Waals surface area (Å²) in [5.74, 6) is 0. The van der Waals surface area contributed by atoms with Crippen molar-refractivity contribution in [3.05, 3.63) is 50.0 Å². The molecule has 1 heterocycles. The summed E-state index contributed by atoms with van der Waals surface area (Å²) in [6.45, 7) is 1.74. The highest BCUT2D eigenvalue weighted by molar-refractivity contribution is 7.71. The van der Waals surface area contributed by atoms with Crippen LogP contribution in [0.4, 0.5) is 0 Å². The van der Waals surface area contributed by atoms with E-state index in [2.05, 4.69) is 9.97 Å². The Morgan fingerprint density at radius 3 is 2.44 bits per heavy atom. The van der Waals surface area contributed by atoms with Crippen LogP contribution < -0.4 is 5.56 Å². The average Bonchev–Trinajstić information content (AvgIpc) is 2.25. The van der Waals surface area contributed by atoms with Gasteiger partial charge in [-0.05, 0) is 36.8 Å². The van der Waals surface area contributed by atoms with Crippen LogP contribution in [0.15, 0.2) is 29.1 Å². The molecule has 82 valence electrons. The van der Waals surface area contributed by atoms with Crippen molar-refractivity contribution in [3.8, 4) is 11.3 Å². The van der Waals surface area contributed by atoms with Gasteiger partial charge in [0.15, 0.2) is 4.77 Å². The van der Waals surface area contributed by atoms with Gasteiger partial charge in [0.2, 0.25) is 0 Å². The van der Waals surface area contributed by atoms with E-state index in [1.54, 1.807) is 19.1 Å². The lowest BCUT2D eigenvalue weighted by molar-refractivity contribution is 1.06. The quantitative estimate of drug-likeness (QED) is 0.767. The van der Waals surface area contributed by atoms with Crippen LogP contribution in [-0.2, 0) is 0 Å². The number of aromatic nitrogens is 2. The Morgan fingerprint density at radius 2 is 1.81 bits per heavy atom. The summed E-state index contributed by atoms with van der Waals surface area (Å²) >= 11 is 10.7. The second-order valence-electron chi connectivity index (χ2n) is 3.42. The summed E-state index contributed by atoms with van der Waals surface area (Å²) in [5.41, 5.74) is 2.05. The van der Waals surface area contributed by atoms with Gasteiger partial charge in [0, 0.05) is 10.6 Å². The van der Waals surface area contributed by atoms with Crippen LogP contribution >= 0.6 is 23.8 Å². The van der Waals surface area contributed by atoms with E-state index in [1.807, 2.05) is 12.1 Å². The highest BCUT2D eigenvalue weighted by Gasteiger charge is 2.05. The Labute approximate surface area is 102 Å². The van der Waals surface area contributed by atoms with E-state index in [-0.39, 0.29) is 5.56 Å². The number of hydrogen-bond donors (Lipinski definition) is 2. The van der Waals surface area contributed by atoms with Gasteiger partial charge in [-0.1, -0.05) is 23.7 Å². The Bertz CT molecular complexity index is 628. The minimum absolute atomic E-state index is 0.172. The van der Waals surface area contributed by atoms with Gasteiger partial charge in [-0.25, -0.2) is 0 Å². The fourth-order valence-electron chi connectivity index (χ4n) is 1.45. The lowest BCUT2D eigenvalue weighted by Gasteiger charge is -2.05. The zero-order valence-corrected chi connectivity index (χ0v) is 10.1. The summed E-state index contributed by atoms with van der Waals surface area (Å²) in [4.78, 5) is 17.0. The molecule has 0 amide bonds. The molecule has 0 spiro atoms. The van der Waals surface area contributed by atoms with Gasteiger partial charge < -0.3 is 4.98 Å². The van der Waals surface area contributed by atoms with E-state index in [1.165, 1.54) is 0 Å².